The van der Waals surface area contributed by atoms with Crippen molar-refractivity contribution in [3.63, 3.8) is 0 Å². The topological polar surface area (TPSA) is 50.5 Å². The molecule has 1 aromatic heterocycles. The van der Waals surface area contributed by atoms with E-state index in [0.29, 0.717) is 5.58 Å². The number of carbonyl (C=O) groups excluding carboxylic acids is 2. The Labute approximate surface area is 111 Å². The molecule has 1 aromatic carbocycles. The molecule has 2 heterocycles. The SMILES string of the molecule is O=C(CC(=O)N1CCCC1)c1cc2ccccc2o1. The van der Waals surface area contributed by atoms with Crippen LogP contribution >= 0.6 is 0 Å². The number of rotatable bonds is 3. The van der Waals surface area contributed by atoms with E-state index in [4.69, 9.17) is 4.42 Å². The van der Waals surface area contributed by atoms with E-state index in [-0.39, 0.29) is 23.9 Å². The molecule has 4 nitrogen and oxygen atoms in total. The first kappa shape index (κ1) is 12.0. The Morgan fingerprint density at radius 2 is 1.89 bits per heavy atom. The van der Waals surface area contributed by atoms with Crippen LogP contribution in [0.1, 0.15) is 29.8 Å². The van der Waals surface area contributed by atoms with Crippen LogP contribution in [0.2, 0.25) is 0 Å². The van der Waals surface area contributed by atoms with Gasteiger partial charge in [-0.1, -0.05) is 18.2 Å². The van der Waals surface area contributed by atoms with Gasteiger partial charge in [0.1, 0.15) is 5.58 Å². The summed E-state index contributed by atoms with van der Waals surface area (Å²) in [5.41, 5.74) is 0.680. The van der Waals surface area contributed by atoms with E-state index in [2.05, 4.69) is 0 Å². The monoisotopic (exact) mass is 257 g/mol. The van der Waals surface area contributed by atoms with E-state index in [1.54, 1.807) is 11.0 Å². The molecule has 4 heteroatoms. The number of Topliss-reactive ketones (excluding diaryl/α,β-unsaturated/α-hetero) is 1. The number of fused-ring (bicyclic) bond motifs is 1. The third kappa shape index (κ3) is 2.38. The molecule has 1 fully saturated rings. The van der Waals surface area contributed by atoms with E-state index in [1.807, 2.05) is 24.3 Å². The standard InChI is InChI=1S/C15H15NO3/c17-12(10-15(18)16-7-3-4-8-16)14-9-11-5-1-2-6-13(11)19-14/h1-2,5-6,9H,3-4,7-8,10H2. The predicted molar refractivity (Wildman–Crippen MR) is 71.0 cm³/mol. The number of carbonyl (C=O) groups is 2. The zero-order valence-electron chi connectivity index (χ0n) is 10.6. The molecule has 19 heavy (non-hydrogen) atoms. The van der Waals surface area contributed by atoms with Crippen LogP contribution < -0.4 is 0 Å². The van der Waals surface area contributed by atoms with Crippen molar-refractivity contribution in [2.45, 2.75) is 19.3 Å². The minimum Gasteiger partial charge on any atom is -0.453 e. The Morgan fingerprint density at radius 3 is 2.63 bits per heavy atom. The minimum absolute atomic E-state index is 0.0945. The second-order valence-electron chi connectivity index (χ2n) is 4.84. The molecule has 0 radical (unpaired) electrons. The van der Waals surface area contributed by atoms with Crippen molar-refractivity contribution in [2.75, 3.05) is 13.1 Å². The first-order chi connectivity index (χ1) is 9.24. The van der Waals surface area contributed by atoms with Gasteiger partial charge in [0.05, 0.1) is 6.42 Å². The molecule has 1 amide bonds. The summed E-state index contributed by atoms with van der Waals surface area (Å²) >= 11 is 0. The maximum Gasteiger partial charge on any atom is 0.230 e. The van der Waals surface area contributed by atoms with Crippen LogP contribution in [-0.4, -0.2) is 29.7 Å². The molecule has 0 aliphatic carbocycles. The first-order valence-corrected chi connectivity index (χ1v) is 6.53. The van der Waals surface area contributed by atoms with E-state index >= 15 is 0 Å². The molecule has 98 valence electrons. The number of likely N-dealkylation sites (tertiary alicyclic amines) is 1. The van der Waals surface area contributed by atoms with E-state index < -0.39 is 0 Å². The quantitative estimate of drug-likeness (QED) is 0.627. The van der Waals surface area contributed by atoms with Gasteiger partial charge in [-0.2, -0.15) is 0 Å². The lowest BCUT2D eigenvalue weighted by Gasteiger charge is -2.13. The Morgan fingerprint density at radius 1 is 1.16 bits per heavy atom. The molecular formula is C15H15NO3. The number of furan rings is 1. The largest absolute Gasteiger partial charge is 0.453 e. The van der Waals surface area contributed by atoms with Gasteiger partial charge < -0.3 is 9.32 Å². The summed E-state index contributed by atoms with van der Waals surface area (Å²) in [7, 11) is 0. The number of benzene rings is 1. The zero-order chi connectivity index (χ0) is 13.2. The van der Waals surface area contributed by atoms with Crippen LogP contribution in [0.5, 0.6) is 0 Å². The average Bonchev–Trinajstić information content (AvgIpc) is 3.07. The Bertz CT molecular complexity index is 590. The van der Waals surface area contributed by atoms with Gasteiger partial charge in [-0.05, 0) is 25.0 Å². The van der Waals surface area contributed by atoms with Crippen molar-refractivity contribution in [1.82, 2.24) is 4.90 Å². The molecule has 0 atom stereocenters. The molecule has 0 saturated carbocycles. The smallest absolute Gasteiger partial charge is 0.230 e. The highest BCUT2D eigenvalue weighted by Gasteiger charge is 2.22. The van der Waals surface area contributed by atoms with Crippen molar-refractivity contribution in [3.05, 3.63) is 36.1 Å². The van der Waals surface area contributed by atoms with Crippen LogP contribution in [0.4, 0.5) is 0 Å². The lowest BCUT2D eigenvalue weighted by molar-refractivity contribution is -0.129. The van der Waals surface area contributed by atoms with Gasteiger partial charge in [0.2, 0.25) is 11.7 Å². The number of amides is 1. The highest BCUT2D eigenvalue weighted by molar-refractivity contribution is 6.07. The molecule has 1 saturated heterocycles. The van der Waals surface area contributed by atoms with Crippen molar-refractivity contribution in [3.8, 4) is 0 Å². The fourth-order valence-electron chi connectivity index (χ4n) is 2.42. The summed E-state index contributed by atoms with van der Waals surface area (Å²) in [6.07, 6.45) is 1.97. The Kier molecular flexibility index (Phi) is 3.07. The van der Waals surface area contributed by atoms with Crippen LogP contribution in [-0.2, 0) is 4.79 Å². The number of nitrogens with zero attached hydrogens (tertiary/aromatic N) is 1. The highest BCUT2D eigenvalue weighted by atomic mass is 16.3. The summed E-state index contributed by atoms with van der Waals surface area (Å²) in [6, 6.07) is 9.15. The van der Waals surface area contributed by atoms with Gasteiger partial charge in [-0.25, -0.2) is 0 Å². The maximum absolute atomic E-state index is 12.0. The summed E-state index contributed by atoms with van der Waals surface area (Å²) in [5.74, 6) is -0.0650. The van der Waals surface area contributed by atoms with Gasteiger partial charge in [0, 0.05) is 18.5 Å². The second kappa shape index (κ2) is 4.88. The van der Waals surface area contributed by atoms with Crippen LogP contribution in [0.25, 0.3) is 11.0 Å². The summed E-state index contributed by atoms with van der Waals surface area (Å²) < 4.78 is 5.47. The van der Waals surface area contributed by atoms with E-state index in [9.17, 15) is 9.59 Å². The molecule has 0 N–H and O–H groups in total. The van der Waals surface area contributed by atoms with E-state index in [1.165, 1.54) is 0 Å². The number of ketones is 1. The molecule has 0 spiro atoms. The maximum atomic E-state index is 12.0. The molecule has 0 unspecified atom stereocenters. The Balaban J connectivity index is 1.74. The van der Waals surface area contributed by atoms with Gasteiger partial charge in [0.15, 0.2) is 5.76 Å². The van der Waals surface area contributed by atoms with Gasteiger partial charge >= 0.3 is 0 Å². The molecule has 3 rings (SSSR count). The van der Waals surface area contributed by atoms with Crippen LogP contribution in [0.3, 0.4) is 0 Å². The van der Waals surface area contributed by atoms with Crippen molar-refractivity contribution >= 4 is 22.7 Å². The zero-order valence-corrected chi connectivity index (χ0v) is 10.6. The lowest BCUT2D eigenvalue weighted by atomic mass is 10.2. The second-order valence-corrected chi connectivity index (χ2v) is 4.84. The van der Waals surface area contributed by atoms with Crippen molar-refractivity contribution in [1.29, 1.82) is 0 Å². The third-order valence-electron chi connectivity index (χ3n) is 3.47. The molecule has 1 aliphatic heterocycles. The molecule has 2 aromatic rings. The van der Waals surface area contributed by atoms with E-state index in [0.717, 1.165) is 31.3 Å². The van der Waals surface area contributed by atoms with Crippen molar-refractivity contribution in [2.24, 2.45) is 0 Å². The Hall–Kier alpha value is -2.10. The fraction of sp³-hybridized carbons (Fsp3) is 0.333. The summed E-state index contributed by atoms with van der Waals surface area (Å²) in [4.78, 5) is 25.7. The predicted octanol–water partition coefficient (Wildman–Crippen LogP) is 2.63. The summed E-state index contributed by atoms with van der Waals surface area (Å²) in [5, 5.41) is 0.888. The van der Waals surface area contributed by atoms with Crippen LogP contribution in [0, 0.1) is 0 Å². The van der Waals surface area contributed by atoms with Crippen molar-refractivity contribution < 1.29 is 14.0 Å². The van der Waals surface area contributed by atoms with Crippen LogP contribution in [0.15, 0.2) is 34.7 Å². The number of para-hydroxylation sites is 1. The molecule has 0 bridgehead atoms. The lowest BCUT2D eigenvalue weighted by Crippen LogP contribution is -2.29. The van der Waals surface area contributed by atoms with Gasteiger partial charge in [0.25, 0.3) is 0 Å². The average molecular weight is 257 g/mol. The minimum atomic E-state index is -0.243. The normalized spacial score (nSPS) is 15.1. The first-order valence-electron chi connectivity index (χ1n) is 6.53. The molecule has 1 aliphatic rings. The number of hydrogen-bond acceptors (Lipinski definition) is 3. The van der Waals surface area contributed by atoms with Gasteiger partial charge in [-0.3, -0.25) is 9.59 Å². The third-order valence-corrected chi connectivity index (χ3v) is 3.47. The highest BCUT2D eigenvalue weighted by Crippen LogP contribution is 2.20. The summed E-state index contributed by atoms with van der Waals surface area (Å²) in [6.45, 7) is 1.54. The molecular weight excluding hydrogens is 242 g/mol. The van der Waals surface area contributed by atoms with Gasteiger partial charge in [-0.15, -0.1) is 0 Å². The fourth-order valence-corrected chi connectivity index (χ4v) is 2.42. The number of hydrogen-bond donors (Lipinski definition) is 0.